The van der Waals surface area contributed by atoms with Crippen molar-refractivity contribution in [1.82, 2.24) is 20.3 Å². The van der Waals surface area contributed by atoms with Crippen LogP contribution in [0.4, 0.5) is 0 Å². The van der Waals surface area contributed by atoms with Crippen molar-refractivity contribution in [3.05, 3.63) is 48.3 Å². The number of hydrogen-bond donors (Lipinski definition) is 1. The molecule has 0 saturated carbocycles. The van der Waals surface area contributed by atoms with Gasteiger partial charge in [0.2, 0.25) is 5.91 Å². The molecular formula is C19H26N4O2. The Balaban J connectivity index is 1.82. The van der Waals surface area contributed by atoms with E-state index in [1.807, 2.05) is 30.3 Å². The average molecular weight is 342 g/mol. The number of carbonyl (C=O) groups is 1. The summed E-state index contributed by atoms with van der Waals surface area (Å²) in [5.74, 6) is 0.357. The molecule has 2 aromatic rings. The zero-order valence-corrected chi connectivity index (χ0v) is 14.9. The minimum absolute atomic E-state index is 0.0247. The molecule has 0 radical (unpaired) electrons. The molecule has 0 unspecified atom stereocenters. The molecule has 6 nitrogen and oxygen atoms in total. The van der Waals surface area contributed by atoms with Gasteiger partial charge in [-0.05, 0) is 24.3 Å². The number of nitrogens with zero attached hydrogens (tertiary/aromatic N) is 3. The smallest absolute Gasteiger partial charge is 0.231 e. The van der Waals surface area contributed by atoms with Gasteiger partial charge in [0.1, 0.15) is 0 Å². The van der Waals surface area contributed by atoms with Crippen LogP contribution in [0.25, 0.3) is 0 Å². The van der Waals surface area contributed by atoms with Gasteiger partial charge >= 0.3 is 0 Å². The van der Waals surface area contributed by atoms with Gasteiger partial charge in [-0.15, -0.1) is 0 Å². The fourth-order valence-electron chi connectivity index (χ4n) is 3.37. The molecule has 1 N–H and O–H groups in total. The Kier molecular flexibility index (Phi) is 5.48. The van der Waals surface area contributed by atoms with E-state index in [0.717, 1.165) is 5.56 Å². The Bertz CT molecular complexity index is 664. The lowest BCUT2D eigenvalue weighted by Crippen LogP contribution is -2.53. The third-order valence-corrected chi connectivity index (χ3v) is 5.06. The van der Waals surface area contributed by atoms with Gasteiger partial charge in [0.05, 0.1) is 30.4 Å². The monoisotopic (exact) mass is 342 g/mol. The van der Waals surface area contributed by atoms with E-state index in [9.17, 15) is 4.79 Å². The van der Waals surface area contributed by atoms with Crippen molar-refractivity contribution < 1.29 is 9.53 Å². The highest BCUT2D eigenvalue weighted by molar-refractivity contribution is 5.88. The van der Waals surface area contributed by atoms with Crippen LogP contribution >= 0.6 is 0 Å². The van der Waals surface area contributed by atoms with Gasteiger partial charge in [-0.1, -0.05) is 44.2 Å². The fourth-order valence-corrected chi connectivity index (χ4v) is 3.37. The van der Waals surface area contributed by atoms with Gasteiger partial charge in [-0.3, -0.25) is 4.79 Å². The normalized spacial score (nSPS) is 18.0. The van der Waals surface area contributed by atoms with Gasteiger partial charge in [0.25, 0.3) is 0 Å². The largest absolute Gasteiger partial charge is 0.381 e. The Labute approximate surface area is 148 Å². The van der Waals surface area contributed by atoms with Crippen molar-refractivity contribution in [2.45, 2.75) is 44.7 Å². The number of rotatable bonds is 6. The standard InChI is InChI=1S/C19H26N4O2/c1-15(2)17(14-23-20-10-11-21-23)22-18(24)19(8-12-25-13-9-19)16-6-4-3-5-7-16/h3-7,10-11,15,17H,8-9,12-14H2,1-2H3,(H,22,24)/t17-/m1/s1. The molecule has 1 amide bonds. The quantitative estimate of drug-likeness (QED) is 0.873. The highest BCUT2D eigenvalue weighted by atomic mass is 16.5. The second-order valence-corrected chi connectivity index (χ2v) is 6.97. The number of ether oxygens (including phenoxy) is 1. The van der Waals surface area contributed by atoms with E-state index in [1.54, 1.807) is 17.2 Å². The van der Waals surface area contributed by atoms with Crippen LogP contribution < -0.4 is 5.32 Å². The first-order chi connectivity index (χ1) is 12.1. The molecule has 1 aliphatic rings. The number of aromatic nitrogens is 3. The summed E-state index contributed by atoms with van der Waals surface area (Å²) in [5, 5.41) is 11.6. The predicted molar refractivity (Wildman–Crippen MR) is 95.0 cm³/mol. The van der Waals surface area contributed by atoms with Crippen LogP contribution in [-0.2, 0) is 21.5 Å². The summed E-state index contributed by atoms with van der Waals surface area (Å²) in [5.41, 5.74) is 0.542. The maximum absolute atomic E-state index is 13.3. The maximum atomic E-state index is 13.3. The summed E-state index contributed by atoms with van der Waals surface area (Å²) < 4.78 is 5.53. The zero-order valence-electron chi connectivity index (χ0n) is 14.9. The van der Waals surface area contributed by atoms with Crippen molar-refractivity contribution in [3.8, 4) is 0 Å². The van der Waals surface area contributed by atoms with Crippen molar-refractivity contribution in [2.24, 2.45) is 5.92 Å². The van der Waals surface area contributed by atoms with Crippen molar-refractivity contribution in [3.63, 3.8) is 0 Å². The lowest BCUT2D eigenvalue weighted by molar-refractivity contribution is -0.131. The van der Waals surface area contributed by atoms with E-state index in [0.29, 0.717) is 32.6 Å². The number of carbonyl (C=O) groups excluding carboxylic acids is 1. The van der Waals surface area contributed by atoms with E-state index < -0.39 is 5.41 Å². The van der Waals surface area contributed by atoms with Crippen LogP contribution in [-0.4, -0.2) is 40.2 Å². The first kappa shape index (κ1) is 17.6. The van der Waals surface area contributed by atoms with Crippen molar-refractivity contribution in [1.29, 1.82) is 0 Å². The van der Waals surface area contributed by atoms with Gasteiger partial charge in [-0.25, -0.2) is 0 Å². The second-order valence-electron chi connectivity index (χ2n) is 6.97. The summed E-state index contributed by atoms with van der Waals surface area (Å²) in [6, 6.07) is 10.0. The van der Waals surface area contributed by atoms with Gasteiger partial charge < -0.3 is 10.1 Å². The lowest BCUT2D eigenvalue weighted by atomic mass is 9.73. The third kappa shape index (κ3) is 3.90. The molecule has 2 heterocycles. The Morgan fingerprint density at radius 1 is 1.20 bits per heavy atom. The highest BCUT2D eigenvalue weighted by Crippen LogP contribution is 2.35. The molecule has 1 aliphatic heterocycles. The Hall–Kier alpha value is -2.21. The number of hydrogen-bond acceptors (Lipinski definition) is 4. The number of benzene rings is 1. The topological polar surface area (TPSA) is 69.0 Å². The molecule has 1 saturated heterocycles. The molecule has 1 fully saturated rings. The molecule has 6 heteroatoms. The van der Waals surface area contributed by atoms with E-state index in [4.69, 9.17) is 4.74 Å². The SMILES string of the molecule is CC(C)[C@@H](Cn1nccn1)NC(=O)C1(c2ccccc2)CCOCC1. The van der Waals surface area contributed by atoms with Crippen molar-refractivity contribution >= 4 is 5.91 Å². The molecule has 0 bridgehead atoms. The molecule has 1 aromatic carbocycles. The van der Waals surface area contributed by atoms with E-state index >= 15 is 0 Å². The second kappa shape index (κ2) is 7.78. The van der Waals surface area contributed by atoms with Gasteiger partial charge in [-0.2, -0.15) is 15.0 Å². The third-order valence-electron chi connectivity index (χ3n) is 5.06. The highest BCUT2D eigenvalue weighted by Gasteiger charge is 2.42. The van der Waals surface area contributed by atoms with Crippen LogP contribution in [0.3, 0.4) is 0 Å². The van der Waals surface area contributed by atoms with Crippen molar-refractivity contribution in [2.75, 3.05) is 13.2 Å². The van der Waals surface area contributed by atoms with Crippen LogP contribution in [0.1, 0.15) is 32.3 Å². The summed E-state index contributed by atoms with van der Waals surface area (Å²) in [6.07, 6.45) is 4.72. The first-order valence-corrected chi connectivity index (χ1v) is 8.90. The lowest BCUT2D eigenvalue weighted by Gasteiger charge is -2.38. The first-order valence-electron chi connectivity index (χ1n) is 8.90. The van der Waals surface area contributed by atoms with E-state index in [1.165, 1.54) is 0 Å². The zero-order chi connectivity index (χ0) is 17.7. The number of amides is 1. The average Bonchev–Trinajstić information content (AvgIpc) is 3.15. The Morgan fingerprint density at radius 3 is 2.44 bits per heavy atom. The molecule has 134 valence electrons. The summed E-state index contributed by atoms with van der Waals surface area (Å²) in [7, 11) is 0. The minimum Gasteiger partial charge on any atom is -0.381 e. The van der Waals surface area contributed by atoms with Crippen LogP contribution in [0.2, 0.25) is 0 Å². The fraction of sp³-hybridized carbons (Fsp3) is 0.526. The van der Waals surface area contributed by atoms with Crippen LogP contribution in [0.5, 0.6) is 0 Å². The summed E-state index contributed by atoms with van der Waals surface area (Å²) in [6.45, 7) is 5.99. The summed E-state index contributed by atoms with van der Waals surface area (Å²) >= 11 is 0. The van der Waals surface area contributed by atoms with Crippen LogP contribution in [0, 0.1) is 5.92 Å². The molecule has 0 aliphatic carbocycles. The molecular weight excluding hydrogens is 316 g/mol. The summed E-state index contributed by atoms with van der Waals surface area (Å²) in [4.78, 5) is 15.0. The van der Waals surface area contributed by atoms with Crippen LogP contribution in [0.15, 0.2) is 42.7 Å². The Morgan fingerprint density at radius 2 is 1.84 bits per heavy atom. The molecule has 3 rings (SSSR count). The predicted octanol–water partition coefficient (Wildman–Crippen LogP) is 2.17. The number of nitrogens with one attached hydrogen (secondary N) is 1. The van der Waals surface area contributed by atoms with E-state index in [-0.39, 0.29) is 17.9 Å². The molecule has 25 heavy (non-hydrogen) atoms. The van der Waals surface area contributed by atoms with Gasteiger partial charge in [0, 0.05) is 13.2 Å². The minimum atomic E-state index is -0.524. The molecule has 0 spiro atoms. The maximum Gasteiger partial charge on any atom is 0.231 e. The van der Waals surface area contributed by atoms with E-state index in [2.05, 4.69) is 29.4 Å². The molecule has 1 atom stereocenters. The molecule has 1 aromatic heterocycles. The van der Waals surface area contributed by atoms with Gasteiger partial charge in [0.15, 0.2) is 0 Å².